The Balaban J connectivity index is 2.66. The fraction of sp³-hybridized carbons (Fsp3) is 0.400. The number of aromatic nitrogens is 1. The van der Waals surface area contributed by atoms with E-state index in [4.69, 9.17) is 17.3 Å². The Morgan fingerprint density at radius 2 is 2.27 bits per heavy atom. The minimum absolute atomic E-state index is 0.0994. The number of nitrogens with one attached hydrogen (secondary N) is 1. The zero-order valence-corrected chi connectivity index (χ0v) is 9.45. The van der Waals surface area contributed by atoms with E-state index in [2.05, 4.69) is 10.3 Å². The average molecular weight is 228 g/mol. The van der Waals surface area contributed by atoms with Crippen LogP contribution in [-0.4, -0.2) is 16.9 Å². The third kappa shape index (κ3) is 3.49. The molecule has 0 saturated carbocycles. The summed E-state index contributed by atoms with van der Waals surface area (Å²) >= 11 is 5.68. The van der Waals surface area contributed by atoms with Crippen LogP contribution in [0.5, 0.6) is 0 Å². The molecule has 0 unspecified atom stereocenters. The van der Waals surface area contributed by atoms with Crippen LogP contribution in [0, 0.1) is 5.92 Å². The first-order chi connectivity index (χ1) is 7.00. The minimum Gasteiger partial charge on any atom is -0.325 e. The van der Waals surface area contributed by atoms with Crippen LogP contribution in [-0.2, 0) is 4.79 Å². The molecule has 0 spiro atoms. The van der Waals surface area contributed by atoms with E-state index in [0.29, 0.717) is 10.8 Å². The molecule has 82 valence electrons. The third-order valence-corrected chi connectivity index (χ3v) is 2.22. The standard InChI is InChI=1S/C10H14ClN3O/c1-6(2)9(12)10(15)14-7-3-4-13-8(11)5-7/h3-6,9H,12H2,1-2H3,(H,13,14,15)/t9-/m1/s1. The molecule has 5 heteroatoms. The van der Waals surface area contributed by atoms with Crippen molar-refractivity contribution in [3.05, 3.63) is 23.5 Å². The minimum atomic E-state index is -0.517. The second-order valence-corrected chi connectivity index (χ2v) is 4.01. The van der Waals surface area contributed by atoms with E-state index < -0.39 is 6.04 Å². The number of hydrogen-bond donors (Lipinski definition) is 2. The number of amides is 1. The molecule has 1 rings (SSSR count). The molecule has 0 fully saturated rings. The van der Waals surface area contributed by atoms with Crippen LogP contribution in [0.4, 0.5) is 5.69 Å². The van der Waals surface area contributed by atoms with Crippen LogP contribution in [0.1, 0.15) is 13.8 Å². The molecule has 4 nitrogen and oxygen atoms in total. The Morgan fingerprint density at radius 3 is 2.80 bits per heavy atom. The first kappa shape index (κ1) is 11.9. The highest BCUT2D eigenvalue weighted by Crippen LogP contribution is 2.12. The van der Waals surface area contributed by atoms with Gasteiger partial charge in [-0.3, -0.25) is 4.79 Å². The van der Waals surface area contributed by atoms with Crippen LogP contribution in [0.25, 0.3) is 0 Å². The Hall–Kier alpha value is -1.13. The Kier molecular flexibility index (Phi) is 4.05. The Labute approximate surface area is 93.8 Å². The molecular formula is C10H14ClN3O. The summed E-state index contributed by atoms with van der Waals surface area (Å²) in [6.45, 7) is 3.79. The van der Waals surface area contributed by atoms with Crippen LogP contribution < -0.4 is 11.1 Å². The van der Waals surface area contributed by atoms with Gasteiger partial charge in [-0.1, -0.05) is 25.4 Å². The molecule has 1 amide bonds. The summed E-state index contributed by atoms with van der Waals surface area (Å²) in [7, 11) is 0. The number of rotatable bonds is 3. The molecule has 0 saturated heterocycles. The lowest BCUT2D eigenvalue weighted by Gasteiger charge is -2.15. The van der Waals surface area contributed by atoms with Gasteiger partial charge in [-0.2, -0.15) is 0 Å². The zero-order chi connectivity index (χ0) is 11.4. The van der Waals surface area contributed by atoms with Crippen molar-refractivity contribution < 1.29 is 4.79 Å². The first-order valence-electron chi connectivity index (χ1n) is 4.68. The predicted octanol–water partition coefficient (Wildman–Crippen LogP) is 1.66. The molecule has 0 aliphatic rings. The Morgan fingerprint density at radius 1 is 1.60 bits per heavy atom. The molecule has 0 aliphatic carbocycles. The molecule has 3 N–H and O–H groups in total. The molecule has 1 atom stereocenters. The molecule has 0 bridgehead atoms. The number of nitrogens with zero attached hydrogens (tertiary/aromatic N) is 1. The van der Waals surface area contributed by atoms with E-state index in [1.165, 1.54) is 6.20 Å². The van der Waals surface area contributed by atoms with Gasteiger partial charge in [0.15, 0.2) is 0 Å². The second-order valence-electron chi connectivity index (χ2n) is 3.63. The van der Waals surface area contributed by atoms with Crippen molar-refractivity contribution in [2.75, 3.05) is 5.32 Å². The van der Waals surface area contributed by atoms with Gasteiger partial charge in [-0.15, -0.1) is 0 Å². The van der Waals surface area contributed by atoms with Gasteiger partial charge in [0.1, 0.15) is 5.15 Å². The highest BCUT2D eigenvalue weighted by molar-refractivity contribution is 6.29. The van der Waals surface area contributed by atoms with Gasteiger partial charge in [0, 0.05) is 11.9 Å². The van der Waals surface area contributed by atoms with Crippen molar-refractivity contribution in [3.8, 4) is 0 Å². The number of halogens is 1. The third-order valence-electron chi connectivity index (χ3n) is 2.02. The van der Waals surface area contributed by atoms with Crippen LogP contribution in [0.2, 0.25) is 5.15 Å². The lowest BCUT2D eigenvalue weighted by molar-refractivity contribution is -0.118. The summed E-state index contributed by atoms with van der Waals surface area (Å²) in [4.78, 5) is 15.4. The van der Waals surface area contributed by atoms with Crippen molar-refractivity contribution in [3.63, 3.8) is 0 Å². The number of hydrogen-bond acceptors (Lipinski definition) is 3. The van der Waals surface area contributed by atoms with E-state index >= 15 is 0 Å². The maximum Gasteiger partial charge on any atom is 0.241 e. The van der Waals surface area contributed by atoms with Gasteiger partial charge in [-0.05, 0) is 18.1 Å². The summed E-state index contributed by atoms with van der Waals surface area (Å²) in [6, 6.07) is 2.72. The number of carbonyl (C=O) groups is 1. The Bertz CT molecular complexity index is 354. The quantitative estimate of drug-likeness (QED) is 0.772. The van der Waals surface area contributed by atoms with Crippen molar-refractivity contribution in [1.29, 1.82) is 0 Å². The fourth-order valence-corrected chi connectivity index (χ4v) is 1.18. The van der Waals surface area contributed by atoms with Crippen molar-refractivity contribution in [2.24, 2.45) is 11.7 Å². The summed E-state index contributed by atoms with van der Waals surface area (Å²) in [5.74, 6) is -0.116. The second kappa shape index (κ2) is 5.09. The maximum atomic E-state index is 11.6. The van der Waals surface area contributed by atoms with Gasteiger partial charge in [0.05, 0.1) is 6.04 Å². The van der Waals surface area contributed by atoms with Gasteiger partial charge in [-0.25, -0.2) is 4.98 Å². The van der Waals surface area contributed by atoms with Crippen molar-refractivity contribution in [1.82, 2.24) is 4.98 Å². The number of carbonyl (C=O) groups excluding carboxylic acids is 1. The summed E-state index contributed by atoms with van der Waals surface area (Å²) in [5, 5.41) is 3.01. The maximum absolute atomic E-state index is 11.6. The summed E-state index contributed by atoms with van der Waals surface area (Å²) in [5.41, 5.74) is 6.29. The van der Waals surface area contributed by atoms with Crippen LogP contribution in [0.3, 0.4) is 0 Å². The molecule has 15 heavy (non-hydrogen) atoms. The molecule has 0 radical (unpaired) electrons. The average Bonchev–Trinajstić information content (AvgIpc) is 2.16. The van der Waals surface area contributed by atoms with Gasteiger partial charge < -0.3 is 11.1 Å². The normalized spacial score (nSPS) is 12.6. The topological polar surface area (TPSA) is 68.0 Å². The van der Waals surface area contributed by atoms with E-state index in [-0.39, 0.29) is 11.8 Å². The highest BCUT2D eigenvalue weighted by Gasteiger charge is 2.17. The van der Waals surface area contributed by atoms with E-state index in [9.17, 15) is 4.79 Å². The summed E-state index contributed by atoms with van der Waals surface area (Å²) in [6.07, 6.45) is 1.53. The number of pyridine rings is 1. The lowest BCUT2D eigenvalue weighted by atomic mass is 10.1. The lowest BCUT2D eigenvalue weighted by Crippen LogP contribution is -2.39. The number of nitrogens with two attached hydrogens (primary N) is 1. The van der Waals surface area contributed by atoms with Crippen molar-refractivity contribution in [2.45, 2.75) is 19.9 Å². The van der Waals surface area contributed by atoms with Crippen LogP contribution in [0.15, 0.2) is 18.3 Å². The zero-order valence-electron chi connectivity index (χ0n) is 8.70. The van der Waals surface area contributed by atoms with E-state index in [1.54, 1.807) is 12.1 Å². The van der Waals surface area contributed by atoms with E-state index in [1.807, 2.05) is 13.8 Å². The highest BCUT2D eigenvalue weighted by atomic mass is 35.5. The van der Waals surface area contributed by atoms with Gasteiger partial charge in [0.2, 0.25) is 5.91 Å². The fourth-order valence-electron chi connectivity index (χ4n) is 1.01. The van der Waals surface area contributed by atoms with Gasteiger partial charge in [0.25, 0.3) is 0 Å². The van der Waals surface area contributed by atoms with Crippen LogP contribution >= 0.6 is 11.6 Å². The monoisotopic (exact) mass is 227 g/mol. The van der Waals surface area contributed by atoms with E-state index in [0.717, 1.165) is 0 Å². The largest absolute Gasteiger partial charge is 0.325 e. The molecule has 1 aromatic heterocycles. The van der Waals surface area contributed by atoms with Crippen molar-refractivity contribution >= 4 is 23.2 Å². The van der Waals surface area contributed by atoms with Gasteiger partial charge >= 0.3 is 0 Å². The first-order valence-corrected chi connectivity index (χ1v) is 5.06. The molecule has 0 aromatic carbocycles. The molecule has 1 aromatic rings. The molecular weight excluding hydrogens is 214 g/mol. The predicted molar refractivity (Wildman–Crippen MR) is 60.7 cm³/mol. The number of anilines is 1. The smallest absolute Gasteiger partial charge is 0.241 e. The summed E-state index contributed by atoms with van der Waals surface area (Å²) < 4.78 is 0. The molecule has 1 heterocycles. The molecule has 0 aliphatic heterocycles. The SMILES string of the molecule is CC(C)[C@@H](N)C(=O)Nc1ccnc(Cl)c1.